The maximum absolute atomic E-state index is 12.3. The number of nitrogen functional groups attached to an aromatic ring is 1. The Morgan fingerprint density at radius 3 is 2.44 bits per heavy atom. The predicted molar refractivity (Wildman–Crippen MR) is 56.2 cm³/mol. The van der Waals surface area contributed by atoms with Gasteiger partial charge in [-0.1, -0.05) is 6.92 Å². The third-order valence-electron chi connectivity index (χ3n) is 2.24. The first-order chi connectivity index (χ1) is 7.34. The van der Waals surface area contributed by atoms with Crippen molar-refractivity contribution in [1.82, 2.24) is 0 Å². The van der Waals surface area contributed by atoms with Crippen molar-refractivity contribution >= 4 is 5.69 Å². The average Bonchev–Trinajstić information content (AvgIpc) is 2.19. The van der Waals surface area contributed by atoms with Gasteiger partial charge >= 0.3 is 6.18 Å². The topological polar surface area (TPSA) is 35.2 Å². The third-order valence-corrected chi connectivity index (χ3v) is 2.24. The molecule has 0 radical (unpaired) electrons. The summed E-state index contributed by atoms with van der Waals surface area (Å²) >= 11 is 0. The van der Waals surface area contributed by atoms with Gasteiger partial charge in [0.1, 0.15) is 5.75 Å². The molecule has 1 atom stereocenters. The van der Waals surface area contributed by atoms with Gasteiger partial charge in [-0.2, -0.15) is 13.2 Å². The Kier molecular flexibility index (Phi) is 3.67. The molecule has 1 aromatic rings. The van der Waals surface area contributed by atoms with Crippen LogP contribution in [-0.2, 0) is 6.18 Å². The van der Waals surface area contributed by atoms with Crippen LogP contribution in [0, 0.1) is 0 Å². The Labute approximate surface area is 92.2 Å². The van der Waals surface area contributed by atoms with Crippen LogP contribution in [0.4, 0.5) is 18.9 Å². The van der Waals surface area contributed by atoms with Crippen molar-refractivity contribution < 1.29 is 17.9 Å². The molecule has 0 aliphatic heterocycles. The van der Waals surface area contributed by atoms with Crippen LogP contribution in [0.5, 0.6) is 5.75 Å². The number of anilines is 1. The van der Waals surface area contributed by atoms with Gasteiger partial charge in [0.05, 0.1) is 17.4 Å². The molecule has 1 unspecified atom stereocenters. The molecule has 0 saturated heterocycles. The van der Waals surface area contributed by atoms with Gasteiger partial charge in [-0.15, -0.1) is 0 Å². The van der Waals surface area contributed by atoms with Crippen molar-refractivity contribution in [2.24, 2.45) is 0 Å². The summed E-state index contributed by atoms with van der Waals surface area (Å²) in [6, 6.07) is 3.11. The van der Waals surface area contributed by atoms with E-state index in [2.05, 4.69) is 0 Å². The summed E-state index contributed by atoms with van der Waals surface area (Å²) in [7, 11) is 0. The zero-order chi connectivity index (χ0) is 12.3. The second kappa shape index (κ2) is 4.63. The van der Waals surface area contributed by atoms with Crippen LogP contribution in [0.2, 0.25) is 0 Å². The Balaban J connectivity index is 2.92. The van der Waals surface area contributed by atoms with Crippen LogP contribution < -0.4 is 10.5 Å². The highest BCUT2D eigenvalue weighted by Crippen LogP contribution is 2.33. The van der Waals surface area contributed by atoms with E-state index in [9.17, 15) is 13.2 Å². The zero-order valence-electron chi connectivity index (χ0n) is 9.14. The summed E-state index contributed by atoms with van der Waals surface area (Å²) in [6.07, 6.45) is -3.68. The number of ether oxygens (including phenoxy) is 1. The lowest BCUT2D eigenvalue weighted by molar-refractivity contribution is -0.137. The van der Waals surface area contributed by atoms with E-state index in [-0.39, 0.29) is 11.8 Å². The minimum atomic E-state index is -4.37. The summed E-state index contributed by atoms with van der Waals surface area (Å²) < 4.78 is 42.4. The Bertz CT molecular complexity index is 363. The van der Waals surface area contributed by atoms with Crippen LogP contribution in [0.25, 0.3) is 0 Å². The van der Waals surface area contributed by atoms with Gasteiger partial charge in [-0.05, 0) is 31.5 Å². The molecule has 0 fully saturated rings. The van der Waals surface area contributed by atoms with Crippen LogP contribution in [-0.4, -0.2) is 6.10 Å². The van der Waals surface area contributed by atoms with Gasteiger partial charge in [0.25, 0.3) is 0 Å². The largest absolute Gasteiger partial charge is 0.489 e. The molecule has 0 aromatic heterocycles. The van der Waals surface area contributed by atoms with E-state index < -0.39 is 11.7 Å². The number of rotatable bonds is 3. The quantitative estimate of drug-likeness (QED) is 0.811. The van der Waals surface area contributed by atoms with Crippen molar-refractivity contribution in [1.29, 1.82) is 0 Å². The number of hydrogen-bond donors (Lipinski definition) is 1. The van der Waals surface area contributed by atoms with Crippen molar-refractivity contribution in [3.8, 4) is 5.75 Å². The van der Waals surface area contributed by atoms with Crippen molar-refractivity contribution in [3.05, 3.63) is 23.8 Å². The molecule has 2 nitrogen and oxygen atoms in total. The van der Waals surface area contributed by atoms with E-state index in [0.717, 1.165) is 18.6 Å². The van der Waals surface area contributed by atoms with Crippen LogP contribution in [0.3, 0.4) is 0 Å². The summed E-state index contributed by atoms with van der Waals surface area (Å²) in [4.78, 5) is 0. The third kappa shape index (κ3) is 3.05. The van der Waals surface area contributed by atoms with E-state index in [1.54, 1.807) is 0 Å². The van der Waals surface area contributed by atoms with E-state index in [1.807, 2.05) is 13.8 Å². The molecule has 0 saturated carbocycles. The van der Waals surface area contributed by atoms with Gasteiger partial charge in [0, 0.05) is 0 Å². The minimum absolute atomic E-state index is 0.00938. The van der Waals surface area contributed by atoms with Crippen LogP contribution in [0.15, 0.2) is 18.2 Å². The van der Waals surface area contributed by atoms with Crippen LogP contribution in [0.1, 0.15) is 25.8 Å². The Hall–Kier alpha value is -1.39. The first-order valence-electron chi connectivity index (χ1n) is 4.98. The maximum Gasteiger partial charge on any atom is 0.416 e. The maximum atomic E-state index is 12.3. The number of hydrogen-bond acceptors (Lipinski definition) is 2. The monoisotopic (exact) mass is 233 g/mol. The Morgan fingerprint density at radius 1 is 1.38 bits per heavy atom. The standard InChI is InChI=1S/C11H14F3NO/c1-3-7(2)16-10-5-4-8(6-9(10)15)11(12,13)14/h4-7H,3,15H2,1-2H3. The second-order valence-electron chi connectivity index (χ2n) is 3.59. The van der Waals surface area contributed by atoms with Gasteiger partial charge in [-0.3, -0.25) is 0 Å². The molecule has 0 amide bonds. The number of nitrogens with two attached hydrogens (primary N) is 1. The SMILES string of the molecule is CCC(C)Oc1ccc(C(F)(F)F)cc1N. The van der Waals surface area contributed by atoms with Gasteiger partial charge < -0.3 is 10.5 Å². The molecular formula is C11H14F3NO. The normalized spacial score (nSPS) is 13.6. The fourth-order valence-corrected chi connectivity index (χ4v) is 1.13. The highest BCUT2D eigenvalue weighted by Gasteiger charge is 2.30. The van der Waals surface area contributed by atoms with E-state index >= 15 is 0 Å². The van der Waals surface area contributed by atoms with Crippen molar-refractivity contribution in [2.75, 3.05) is 5.73 Å². The molecule has 2 N–H and O–H groups in total. The zero-order valence-corrected chi connectivity index (χ0v) is 9.14. The molecule has 0 aliphatic carbocycles. The molecule has 5 heteroatoms. The van der Waals surface area contributed by atoms with Crippen LogP contribution >= 0.6 is 0 Å². The first-order valence-corrected chi connectivity index (χ1v) is 4.98. The van der Waals surface area contributed by atoms with E-state index in [1.165, 1.54) is 6.07 Å². The lowest BCUT2D eigenvalue weighted by Crippen LogP contribution is -2.12. The summed E-state index contributed by atoms with van der Waals surface area (Å²) in [5.41, 5.74) is 4.74. The minimum Gasteiger partial charge on any atom is -0.489 e. The Morgan fingerprint density at radius 2 is 2.00 bits per heavy atom. The molecular weight excluding hydrogens is 219 g/mol. The molecule has 0 heterocycles. The van der Waals surface area contributed by atoms with E-state index in [4.69, 9.17) is 10.5 Å². The average molecular weight is 233 g/mol. The van der Waals surface area contributed by atoms with Crippen molar-refractivity contribution in [2.45, 2.75) is 32.5 Å². The first kappa shape index (κ1) is 12.7. The predicted octanol–water partition coefficient (Wildman–Crippen LogP) is 3.46. The fraction of sp³-hybridized carbons (Fsp3) is 0.455. The number of benzene rings is 1. The van der Waals surface area contributed by atoms with Crippen molar-refractivity contribution in [3.63, 3.8) is 0 Å². The van der Waals surface area contributed by atoms with Gasteiger partial charge in [-0.25, -0.2) is 0 Å². The smallest absolute Gasteiger partial charge is 0.416 e. The molecule has 0 spiro atoms. The fourth-order valence-electron chi connectivity index (χ4n) is 1.13. The molecule has 0 aliphatic rings. The number of alkyl halides is 3. The van der Waals surface area contributed by atoms with Gasteiger partial charge in [0.15, 0.2) is 0 Å². The molecule has 1 rings (SSSR count). The van der Waals surface area contributed by atoms with Gasteiger partial charge in [0.2, 0.25) is 0 Å². The summed E-state index contributed by atoms with van der Waals surface area (Å²) in [5, 5.41) is 0. The number of halogens is 3. The lowest BCUT2D eigenvalue weighted by atomic mass is 10.2. The molecule has 16 heavy (non-hydrogen) atoms. The summed E-state index contributed by atoms with van der Waals surface area (Å²) in [6.45, 7) is 3.75. The molecule has 0 bridgehead atoms. The lowest BCUT2D eigenvalue weighted by Gasteiger charge is -2.15. The molecule has 1 aromatic carbocycles. The molecule has 90 valence electrons. The highest BCUT2D eigenvalue weighted by molar-refractivity contribution is 5.54. The highest BCUT2D eigenvalue weighted by atomic mass is 19.4. The van der Waals surface area contributed by atoms with E-state index in [0.29, 0.717) is 5.75 Å². The second-order valence-corrected chi connectivity index (χ2v) is 3.59. The summed E-state index contributed by atoms with van der Waals surface area (Å²) in [5.74, 6) is 0.294.